The van der Waals surface area contributed by atoms with Crippen LogP contribution in [0.25, 0.3) is 0 Å². The normalized spacial score (nSPS) is 9.94. The third-order valence-corrected chi connectivity index (χ3v) is 2.27. The molecule has 6 heteroatoms. The summed E-state index contributed by atoms with van der Waals surface area (Å²) < 4.78 is 0. The van der Waals surface area contributed by atoms with E-state index in [0.717, 1.165) is 0 Å². The van der Waals surface area contributed by atoms with E-state index in [2.05, 4.69) is 15.3 Å². The van der Waals surface area contributed by atoms with E-state index < -0.39 is 5.91 Å². The molecule has 2 aromatic heterocycles. The van der Waals surface area contributed by atoms with Gasteiger partial charge in [-0.25, -0.2) is 4.98 Å². The Hall–Kier alpha value is -2.14. The van der Waals surface area contributed by atoms with Gasteiger partial charge in [0.15, 0.2) is 5.43 Å². The van der Waals surface area contributed by atoms with E-state index in [1.165, 1.54) is 30.7 Å². The zero-order valence-corrected chi connectivity index (χ0v) is 9.36. The van der Waals surface area contributed by atoms with Crippen molar-refractivity contribution in [3.05, 3.63) is 57.6 Å². The van der Waals surface area contributed by atoms with E-state index in [-0.39, 0.29) is 11.0 Å². The van der Waals surface area contributed by atoms with Crippen LogP contribution in [-0.2, 0) is 0 Å². The first-order valence-corrected chi connectivity index (χ1v) is 5.14. The first-order chi connectivity index (χ1) is 8.16. The summed E-state index contributed by atoms with van der Waals surface area (Å²) >= 11 is 5.75. The third kappa shape index (κ3) is 2.70. The lowest BCUT2D eigenvalue weighted by molar-refractivity contribution is 0.102. The van der Waals surface area contributed by atoms with Crippen molar-refractivity contribution in [3.8, 4) is 0 Å². The number of carbonyl (C=O) groups is 1. The molecule has 0 aliphatic carbocycles. The molecule has 0 unspecified atom stereocenters. The van der Waals surface area contributed by atoms with Crippen molar-refractivity contribution in [1.82, 2.24) is 9.97 Å². The summed E-state index contributed by atoms with van der Waals surface area (Å²) in [6.07, 6.45) is 4.26. The Labute approximate surface area is 101 Å². The van der Waals surface area contributed by atoms with Crippen LogP contribution >= 0.6 is 11.6 Å². The Kier molecular flexibility index (Phi) is 3.20. The fraction of sp³-hybridized carbons (Fsp3) is 0. The number of halogens is 1. The maximum absolute atomic E-state index is 11.7. The second kappa shape index (κ2) is 4.80. The number of hydrogen-bond acceptors (Lipinski definition) is 3. The third-order valence-electron chi connectivity index (χ3n) is 2.03. The van der Waals surface area contributed by atoms with Gasteiger partial charge in [-0.1, -0.05) is 11.6 Å². The quantitative estimate of drug-likeness (QED) is 0.850. The van der Waals surface area contributed by atoms with Crippen LogP contribution in [0.2, 0.25) is 5.02 Å². The van der Waals surface area contributed by atoms with E-state index in [9.17, 15) is 9.59 Å². The average Bonchev–Trinajstić information content (AvgIpc) is 2.29. The molecular formula is C11H8ClN3O2. The lowest BCUT2D eigenvalue weighted by Gasteiger charge is -2.03. The van der Waals surface area contributed by atoms with Crippen LogP contribution in [0.1, 0.15) is 10.4 Å². The van der Waals surface area contributed by atoms with Crippen LogP contribution < -0.4 is 10.7 Å². The zero-order valence-electron chi connectivity index (χ0n) is 8.61. The summed E-state index contributed by atoms with van der Waals surface area (Å²) in [6.45, 7) is 0. The molecule has 0 spiro atoms. The molecule has 2 aromatic rings. The highest BCUT2D eigenvalue weighted by molar-refractivity contribution is 6.30. The molecule has 0 aliphatic rings. The lowest BCUT2D eigenvalue weighted by atomic mass is 10.2. The monoisotopic (exact) mass is 249 g/mol. The summed E-state index contributed by atoms with van der Waals surface area (Å²) in [5.74, 6) is -0.229. The van der Waals surface area contributed by atoms with E-state index in [1.54, 1.807) is 6.07 Å². The van der Waals surface area contributed by atoms with Crippen molar-refractivity contribution < 1.29 is 4.79 Å². The summed E-state index contributed by atoms with van der Waals surface area (Å²) in [6, 6.07) is 4.36. The number of aromatic nitrogens is 2. The van der Waals surface area contributed by atoms with Crippen LogP contribution in [0.4, 0.5) is 5.82 Å². The van der Waals surface area contributed by atoms with Crippen LogP contribution in [0.3, 0.4) is 0 Å². The maximum atomic E-state index is 11.7. The van der Waals surface area contributed by atoms with Crippen molar-refractivity contribution in [2.24, 2.45) is 0 Å². The van der Waals surface area contributed by atoms with Gasteiger partial charge in [-0.3, -0.25) is 9.59 Å². The number of aromatic amines is 1. The summed E-state index contributed by atoms with van der Waals surface area (Å²) in [7, 11) is 0. The van der Waals surface area contributed by atoms with Crippen LogP contribution in [-0.4, -0.2) is 15.9 Å². The van der Waals surface area contributed by atoms with E-state index in [0.29, 0.717) is 10.8 Å². The van der Waals surface area contributed by atoms with Crippen LogP contribution in [0.15, 0.2) is 41.6 Å². The standard InChI is InChI=1S/C11H8ClN3O2/c12-7-1-4-14-10(5-7)15-11(17)8-6-13-3-2-9(8)16/h1-6H,(H,13,16)(H,14,15,17). The van der Waals surface area contributed by atoms with Crippen molar-refractivity contribution in [2.75, 3.05) is 5.32 Å². The summed E-state index contributed by atoms with van der Waals surface area (Å²) in [5.41, 5.74) is -0.336. The number of nitrogens with one attached hydrogen (secondary N) is 2. The SMILES string of the molecule is O=C(Nc1cc(Cl)ccn1)c1c[nH]ccc1=O. The zero-order chi connectivity index (χ0) is 12.3. The van der Waals surface area contributed by atoms with Gasteiger partial charge >= 0.3 is 0 Å². The molecule has 0 aromatic carbocycles. The second-order valence-corrected chi connectivity index (χ2v) is 3.67. The van der Waals surface area contributed by atoms with Crippen molar-refractivity contribution in [3.63, 3.8) is 0 Å². The molecule has 86 valence electrons. The number of pyridine rings is 2. The first kappa shape index (κ1) is 11.3. The maximum Gasteiger partial charge on any atom is 0.262 e. The first-order valence-electron chi connectivity index (χ1n) is 4.77. The molecule has 2 rings (SSSR count). The number of carbonyl (C=O) groups excluding carboxylic acids is 1. The molecule has 17 heavy (non-hydrogen) atoms. The van der Waals surface area contributed by atoms with Crippen LogP contribution in [0.5, 0.6) is 0 Å². The van der Waals surface area contributed by atoms with Crippen molar-refractivity contribution in [1.29, 1.82) is 0 Å². The molecule has 2 N–H and O–H groups in total. The molecule has 0 aliphatic heterocycles. The summed E-state index contributed by atoms with van der Waals surface area (Å²) in [4.78, 5) is 29.7. The fourth-order valence-electron chi connectivity index (χ4n) is 1.25. The Morgan fingerprint density at radius 2 is 2.24 bits per heavy atom. The van der Waals surface area contributed by atoms with Gasteiger partial charge in [0.2, 0.25) is 0 Å². The van der Waals surface area contributed by atoms with Gasteiger partial charge in [-0.15, -0.1) is 0 Å². The van der Waals surface area contributed by atoms with Gasteiger partial charge in [0, 0.05) is 29.7 Å². The molecule has 0 bridgehead atoms. The fourth-order valence-corrected chi connectivity index (χ4v) is 1.41. The van der Waals surface area contributed by atoms with Gasteiger partial charge in [-0.2, -0.15) is 0 Å². The average molecular weight is 250 g/mol. The van der Waals surface area contributed by atoms with E-state index in [1.807, 2.05) is 0 Å². The number of anilines is 1. The predicted octanol–water partition coefficient (Wildman–Crippen LogP) is 1.68. The number of nitrogens with zero attached hydrogens (tertiary/aromatic N) is 1. The Balaban J connectivity index is 2.23. The van der Waals surface area contributed by atoms with Gasteiger partial charge in [0.1, 0.15) is 11.4 Å². The smallest absolute Gasteiger partial charge is 0.262 e. The molecule has 0 saturated heterocycles. The largest absolute Gasteiger partial charge is 0.367 e. The van der Waals surface area contributed by atoms with E-state index in [4.69, 9.17) is 11.6 Å². The number of hydrogen-bond donors (Lipinski definition) is 2. The highest BCUT2D eigenvalue weighted by atomic mass is 35.5. The topological polar surface area (TPSA) is 74.8 Å². The minimum Gasteiger partial charge on any atom is -0.367 e. The molecular weight excluding hydrogens is 242 g/mol. The minimum absolute atomic E-state index is 0.0225. The highest BCUT2D eigenvalue weighted by Gasteiger charge is 2.10. The van der Waals surface area contributed by atoms with E-state index >= 15 is 0 Å². The number of amides is 1. The van der Waals surface area contributed by atoms with Crippen LogP contribution in [0, 0.1) is 0 Å². The Morgan fingerprint density at radius 1 is 1.41 bits per heavy atom. The molecule has 1 amide bonds. The molecule has 2 heterocycles. The van der Waals surface area contributed by atoms with Gasteiger partial charge in [0.25, 0.3) is 5.91 Å². The van der Waals surface area contributed by atoms with Gasteiger partial charge in [0.05, 0.1) is 0 Å². The Bertz CT molecular complexity index is 609. The van der Waals surface area contributed by atoms with Crippen molar-refractivity contribution >= 4 is 23.3 Å². The molecule has 0 fully saturated rings. The van der Waals surface area contributed by atoms with Gasteiger partial charge in [-0.05, 0) is 12.1 Å². The van der Waals surface area contributed by atoms with Gasteiger partial charge < -0.3 is 10.3 Å². The molecule has 0 radical (unpaired) electrons. The Morgan fingerprint density at radius 3 is 2.94 bits per heavy atom. The number of rotatable bonds is 2. The van der Waals surface area contributed by atoms with Crippen molar-refractivity contribution in [2.45, 2.75) is 0 Å². The second-order valence-electron chi connectivity index (χ2n) is 3.24. The highest BCUT2D eigenvalue weighted by Crippen LogP contribution is 2.12. The predicted molar refractivity (Wildman–Crippen MR) is 64.3 cm³/mol. The molecule has 5 nitrogen and oxygen atoms in total. The molecule has 0 saturated carbocycles. The summed E-state index contributed by atoms with van der Waals surface area (Å²) in [5, 5.41) is 2.94. The number of H-pyrrole nitrogens is 1. The molecule has 0 atom stereocenters. The minimum atomic E-state index is -0.526. The lowest BCUT2D eigenvalue weighted by Crippen LogP contribution is -2.21.